The standard InChI is InChI=1S/C28H22ClNO3/c1-2-32-28(31)25-23(17-16-18-10-4-3-5-11-18)33-30-27(25)24-19-12-6-8-14-21(19)26(29)22-15-9-7-13-20(22)24/h3-15H,2,16-17H2,1H3. The van der Waals surface area contributed by atoms with E-state index in [9.17, 15) is 4.79 Å². The first kappa shape index (κ1) is 21.2. The van der Waals surface area contributed by atoms with Crippen LogP contribution in [0, 0.1) is 0 Å². The zero-order chi connectivity index (χ0) is 22.8. The van der Waals surface area contributed by atoms with Crippen molar-refractivity contribution >= 4 is 39.1 Å². The molecule has 1 aromatic heterocycles. The molecule has 4 nitrogen and oxygen atoms in total. The summed E-state index contributed by atoms with van der Waals surface area (Å²) in [4.78, 5) is 13.1. The molecule has 1 heterocycles. The molecule has 0 atom stereocenters. The maximum atomic E-state index is 13.1. The number of aryl methyl sites for hydroxylation is 2. The summed E-state index contributed by atoms with van der Waals surface area (Å²) < 4.78 is 11.2. The summed E-state index contributed by atoms with van der Waals surface area (Å²) in [6, 6.07) is 25.9. The topological polar surface area (TPSA) is 52.3 Å². The van der Waals surface area contributed by atoms with Gasteiger partial charge in [-0.25, -0.2) is 4.79 Å². The van der Waals surface area contributed by atoms with Crippen molar-refractivity contribution in [3.63, 3.8) is 0 Å². The normalized spacial score (nSPS) is 11.2. The number of fused-ring (bicyclic) bond motifs is 2. The van der Waals surface area contributed by atoms with E-state index >= 15 is 0 Å². The summed E-state index contributed by atoms with van der Waals surface area (Å²) in [5.41, 5.74) is 2.85. The second kappa shape index (κ2) is 9.08. The van der Waals surface area contributed by atoms with E-state index in [1.165, 1.54) is 0 Å². The van der Waals surface area contributed by atoms with Crippen LogP contribution in [0.1, 0.15) is 28.6 Å². The van der Waals surface area contributed by atoms with Crippen LogP contribution < -0.4 is 0 Å². The predicted octanol–water partition coefficient (Wildman–Crippen LogP) is 7.26. The predicted molar refractivity (Wildman–Crippen MR) is 132 cm³/mol. The maximum absolute atomic E-state index is 13.1. The first-order chi connectivity index (χ1) is 16.2. The van der Waals surface area contributed by atoms with E-state index in [0.29, 0.717) is 28.5 Å². The Bertz CT molecular complexity index is 1400. The Hall–Kier alpha value is -3.63. The van der Waals surface area contributed by atoms with E-state index in [0.717, 1.165) is 39.1 Å². The number of nitrogens with zero attached hydrogens (tertiary/aromatic N) is 1. The van der Waals surface area contributed by atoms with Crippen LogP contribution >= 0.6 is 11.6 Å². The Morgan fingerprint density at radius 1 is 0.848 bits per heavy atom. The molecule has 0 saturated carbocycles. The quantitative estimate of drug-likeness (QED) is 0.199. The molecule has 5 aromatic rings. The largest absolute Gasteiger partial charge is 0.462 e. The van der Waals surface area contributed by atoms with Gasteiger partial charge in [0, 0.05) is 22.8 Å². The number of carbonyl (C=O) groups excluding carboxylic acids is 1. The molecule has 0 amide bonds. The van der Waals surface area contributed by atoms with Gasteiger partial charge >= 0.3 is 5.97 Å². The third-order valence-electron chi connectivity index (χ3n) is 5.83. The molecule has 5 heteroatoms. The Kier molecular flexibility index (Phi) is 5.84. The number of benzene rings is 4. The summed E-state index contributed by atoms with van der Waals surface area (Å²) in [7, 11) is 0. The Morgan fingerprint density at radius 3 is 2.03 bits per heavy atom. The van der Waals surface area contributed by atoms with Crippen LogP contribution in [0.15, 0.2) is 83.4 Å². The maximum Gasteiger partial charge on any atom is 0.344 e. The van der Waals surface area contributed by atoms with Crippen LogP contribution in [-0.2, 0) is 17.6 Å². The minimum Gasteiger partial charge on any atom is -0.462 e. The van der Waals surface area contributed by atoms with Crippen LogP contribution in [0.3, 0.4) is 0 Å². The smallest absolute Gasteiger partial charge is 0.344 e. The van der Waals surface area contributed by atoms with Crippen LogP contribution in [0.25, 0.3) is 32.8 Å². The highest BCUT2D eigenvalue weighted by molar-refractivity contribution is 6.42. The fraction of sp³-hybridized carbons (Fsp3) is 0.143. The van der Waals surface area contributed by atoms with E-state index in [1.807, 2.05) is 66.7 Å². The van der Waals surface area contributed by atoms with E-state index in [1.54, 1.807) is 6.92 Å². The van der Waals surface area contributed by atoms with Crippen molar-refractivity contribution in [2.75, 3.05) is 6.61 Å². The lowest BCUT2D eigenvalue weighted by molar-refractivity contribution is 0.0524. The molecule has 0 radical (unpaired) electrons. The summed E-state index contributed by atoms with van der Waals surface area (Å²) in [6.45, 7) is 2.06. The van der Waals surface area contributed by atoms with E-state index in [-0.39, 0.29) is 6.61 Å². The molecule has 0 spiro atoms. The zero-order valence-electron chi connectivity index (χ0n) is 18.2. The molecular formula is C28H22ClNO3. The summed E-state index contributed by atoms with van der Waals surface area (Å²) in [5, 5.41) is 8.71. The molecule has 33 heavy (non-hydrogen) atoms. The first-order valence-corrected chi connectivity index (χ1v) is 11.4. The van der Waals surface area contributed by atoms with E-state index < -0.39 is 5.97 Å². The van der Waals surface area contributed by atoms with Gasteiger partial charge in [-0.2, -0.15) is 0 Å². The van der Waals surface area contributed by atoms with Gasteiger partial charge in [-0.1, -0.05) is 95.6 Å². The van der Waals surface area contributed by atoms with Gasteiger partial charge in [-0.3, -0.25) is 0 Å². The molecule has 5 rings (SSSR count). The highest BCUT2D eigenvalue weighted by Gasteiger charge is 2.28. The Morgan fingerprint density at radius 2 is 1.42 bits per heavy atom. The molecule has 0 bridgehead atoms. The number of aromatic nitrogens is 1. The minimum atomic E-state index is -0.431. The van der Waals surface area contributed by atoms with Gasteiger partial charge in [0.2, 0.25) is 0 Å². The highest BCUT2D eigenvalue weighted by atomic mass is 35.5. The van der Waals surface area contributed by atoms with Crippen molar-refractivity contribution in [2.24, 2.45) is 0 Å². The van der Waals surface area contributed by atoms with Gasteiger partial charge in [0.05, 0.1) is 11.6 Å². The van der Waals surface area contributed by atoms with Gasteiger partial charge in [-0.15, -0.1) is 0 Å². The van der Waals surface area contributed by atoms with Gasteiger partial charge < -0.3 is 9.26 Å². The number of rotatable bonds is 6. The highest BCUT2D eigenvalue weighted by Crippen LogP contribution is 2.42. The number of hydrogen-bond acceptors (Lipinski definition) is 4. The van der Waals surface area contributed by atoms with Crippen molar-refractivity contribution < 1.29 is 14.1 Å². The lowest BCUT2D eigenvalue weighted by Crippen LogP contribution is -2.09. The number of ether oxygens (including phenoxy) is 1. The van der Waals surface area contributed by atoms with Gasteiger partial charge in [0.25, 0.3) is 0 Å². The zero-order valence-corrected chi connectivity index (χ0v) is 18.9. The number of esters is 1. The molecule has 0 aliphatic rings. The fourth-order valence-corrected chi connectivity index (χ4v) is 4.64. The van der Waals surface area contributed by atoms with E-state index in [4.69, 9.17) is 20.9 Å². The molecule has 0 aliphatic heterocycles. The minimum absolute atomic E-state index is 0.268. The lowest BCUT2D eigenvalue weighted by Gasteiger charge is -2.13. The molecule has 0 fully saturated rings. The molecule has 0 aliphatic carbocycles. The summed E-state index contributed by atoms with van der Waals surface area (Å²) in [6.07, 6.45) is 1.26. The summed E-state index contributed by atoms with van der Waals surface area (Å²) >= 11 is 6.77. The van der Waals surface area contributed by atoms with E-state index in [2.05, 4.69) is 17.3 Å². The molecular weight excluding hydrogens is 434 g/mol. The third-order valence-corrected chi connectivity index (χ3v) is 6.24. The number of hydrogen-bond donors (Lipinski definition) is 0. The van der Waals surface area contributed by atoms with Gasteiger partial charge in [-0.05, 0) is 29.7 Å². The van der Waals surface area contributed by atoms with Crippen molar-refractivity contribution in [3.05, 3.63) is 101 Å². The van der Waals surface area contributed by atoms with Gasteiger partial charge in [0.1, 0.15) is 11.3 Å². The molecule has 0 N–H and O–H groups in total. The second-order valence-corrected chi connectivity index (χ2v) is 8.19. The fourth-order valence-electron chi connectivity index (χ4n) is 4.31. The second-order valence-electron chi connectivity index (χ2n) is 7.82. The van der Waals surface area contributed by atoms with Gasteiger partial charge in [0.15, 0.2) is 5.76 Å². The molecule has 0 saturated heterocycles. The van der Waals surface area contributed by atoms with Crippen LogP contribution in [0.5, 0.6) is 0 Å². The third kappa shape index (κ3) is 3.87. The van der Waals surface area contributed by atoms with Crippen LogP contribution in [0.4, 0.5) is 0 Å². The van der Waals surface area contributed by atoms with Crippen LogP contribution in [0.2, 0.25) is 5.02 Å². The molecule has 0 unspecified atom stereocenters. The average Bonchev–Trinajstić information content (AvgIpc) is 3.27. The lowest BCUT2D eigenvalue weighted by atomic mass is 9.92. The summed E-state index contributed by atoms with van der Waals surface area (Å²) in [5.74, 6) is 0.0929. The van der Waals surface area contributed by atoms with Crippen molar-refractivity contribution in [1.29, 1.82) is 0 Å². The monoisotopic (exact) mass is 455 g/mol. The first-order valence-electron chi connectivity index (χ1n) is 11.0. The number of carbonyl (C=O) groups is 1. The Balaban J connectivity index is 1.73. The molecule has 164 valence electrons. The molecule has 4 aromatic carbocycles. The Labute approximate surface area is 196 Å². The van der Waals surface area contributed by atoms with Crippen LogP contribution in [-0.4, -0.2) is 17.7 Å². The SMILES string of the molecule is CCOC(=O)c1c(-c2c3ccccc3c(Cl)c3ccccc23)noc1CCc1ccccc1. The van der Waals surface area contributed by atoms with Crippen molar-refractivity contribution in [1.82, 2.24) is 5.16 Å². The van der Waals surface area contributed by atoms with Crippen molar-refractivity contribution in [3.8, 4) is 11.3 Å². The number of halogens is 1. The van der Waals surface area contributed by atoms with Crippen molar-refractivity contribution in [2.45, 2.75) is 19.8 Å². The average molecular weight is 456 g/mol.